The number of hydrogen-bond acceptors (Lipinski definition) is 6. The molecule has 1 aromatic carbocycles. The molecule has 0 spiro atoms. The third kappa shape index (κ3) is 3.63. The summed E-state index contributed by atoms with van der Waals surface area (Å²) in [6.45, 7) is 1.67. The molecule has 2 N–H and O–H groups in total. The molecule has 0 aliphatic rings. The summed E-state index contributed by atoms with van der Waals surface area (Å²) in [5, 5.41) is 10.6. The highest BCUT2D eigenvalue weighted by atomic mass is 32.2. The van der Waals surface area contributed by atoms with Crippen molar-refractivity contribution in [3.05, 3.63) is 28.1 Å². The second kappa shape index (κ2) is 6.58. The molecule has 1 atom stereocenters. The Kier molecular flexibility index (Phi) is 5.54. The van der Waals surface area contributed by atoms with E-state index in [1.54, 1.807) is 6.92 Å². The van der Waals surface area contributed by atoms with Crippen molar-refractivity contribution in [3.63, 3.8) is 0 Å². The van der Waals surface area contributed by atoms with Gasteiger partial charge in [-0.25, -0.2) is 12.8 Å². The average Bonchev–Trinajstić information content (AvgIpc) is 2.36. The summed E-state index contributed by atoms with van der Waals surface area (Å²) in [7, 11) is -2.85. The molecule has 0 saturated heterocycles. The summed E-state index contributed by atoms with van der Waals surface area (Å²) < 4.78 is 39.8. The average molecular weight is 337 g/mol. The van der Waals surface area contributed by atoms with E-state index in [1.165, 1.54) is 18.8 Å². The number of nitrogens with zero attached hydrogens (tertiary/aromatic N) is 2. The number of hydrogen-bond donors (Lipinski definition) is 1. The van der Waals surface area contributed by atoms with E-state index in [4.69, 9.17) is 5.73 Å². The molecule has 0 radical (unpaired) electrons. The fraction of sp³-hybridized carbons (Fsp3) is 0.455. The summed E-state index contributed by atoms with van der Waals surface area (Å²) in [5.74, 6) is -0.713. The molecule has 0 amide bonds. The predicted molar refractivity (Wildman–Crippen MR) is 80.3 cm³/mol. The van der Waals surface area contributed by atoms with Gasteiger partial charge in [-0.1, -0.05) is 0 Å². The molecular weight excluding hydrogens is 321 g/mol. The van der Waals surface area contributed by atoms with Gasteiger partial charge in [-0.2, -0.15) is 16.1 Å². The van der Waals surface area contributed by atoms with Gasteiger partial charge < -0.3 is 5.73 Å². The second-order valence-corrected chi connectivity index (χ2v) is 7.27. The lowest BCUT2D eigenvalue weighted by Gasteiger charge is -2.24. The SMILES string of the molecule is CSCC(C)N(C)S(=O)(=O)c1c(N)cc([N+](=O)[O-])cc1F. The lowest BCUT2D eigenvalue weighted by Crippen LogP contribution is -2.37. The van der Waals surface area contributed by atoms with Crippen LogP contribution in [-0.4, -0.2) is 42.7 Å². The van der Waals surface area contributed by atoms with Crippen molar-refractivity contribution in [1.82, 2.24) is 4.31 Å². The smallest absolute Gasteiger partial charge is 0.274 e. The number of rotatable bonds is 6. The van der Waals surface area contributed by atoms with Crippen LogP contribution in [0.1, 0.15) is 6.92 Å². The van der Waals surface area contributed by atoms with Gasteiger partial charge in [-0.05, 0) is 13.2 Å². The quantitative estimate of drug-likeness (QED) is 0.481. The molecule has 1 aromatic rings. The van der Waals surface area contributed by atoms with E-state index in [1.807, 2.05) is 6.26 Å². The Morgan fingerprint density at radius 3 is 2.52 bits per heavy atom. The summed E-state index contributed by atoms with van der Waals surface area (Å²) in [6, 6.07) is 1.01. The minimum Gasteiger partial charge on any atom is -0.397 e. The summed E-state index contributed by atoms with van der Waals surface area (Å²) >= 11 is 1.44. The normalized spacial score (nSPS) is 13.4. The van der Waals surface area contributed by atoms with Crippen LogP contribution in [0.15, 0.2) is 17.0 Å². The van der Waals surface area contributed by atoms with Crippen molar-refractivity contribution in [1.29, 1.82) is 0 Å². The Labute approximate surface area is 126 Å². The van der Waals surface area contributed by atoms with Crippen molar-refractivity contribution in [2.24, 2.45) is 0 Å². The zero-order chi connectivity index (χ0) is 16.4. The molecule has 0 aliphatic heterocycles. The van der Waals surface area contributed by atoms with E-state index in [-0.39, 0.29) is 6.04 Å². The number of thioether (sulfide) groups is 1. The molecule has 0 heterocycles. The molecule has 0 saturated carbocycles. The van der Waals surface area contributed by atoms with Crippen LogP contribution in [0.4, 0.5) is 15.8 Å². The topological polar surface area (TPSA) is 107 Å². The predicted octanol–water partition coefficient (Wildman–Crippen LogP) is 1.69. The Morgan fingerprint density at radius 2 is 2.10 bits per heavy atom. The minimum atomic E-state index is -4.17. The first-order valence-corrected chi connectivity index (χ1v) is 8.66. The molecule has 118 valence electrons. The molecule has 0 aromatic heterocycles. The maximum Gasteiger partial charge on any atom is 0.274 e. The van der Waals surface area contributed by atoms with Crippen LogP contribution in [0.2, 0.25) is 0 Å². The maximum absolute atomic E-state index is 14.0. The third-order valence-corrected chi connectivity index (χ3v) is 5.81. The van der Waals surface area contributed by atoms with E-state index in [0.29, 0.717) is 11.8 Å². The summed E-state index contributed by atoms with van der Waals surface area (Å²) in [4.78, 5) is 9.04. The Bertz CT molecular complexity index is 628. The zero-order valence-corrected chi connectivity index (χ0v) is 13.4. The van der Waals surface area contributed by atoms with Gasteiger partial charge in [0.1, 0.15) is 4.90 Å². The van der Waals surface area contributed by atoms with Crippen molar-refractivity contribution in [2.45, 2.75) is 17.9 Å². The fourth-order valence-corrected chi connectivity index (χ4v) is 4.00. The van der Waals surface area contributed by atoms with E-state index in [9.17, 15) is 22.9 Å². The number of anilines is 1. The Morgan fingerprint density at radius 1 is 1.52 bits per heavy atom. The van der Waals surface area contributed by atoms with Crippen LogP contribution < -0.4 is 5.73 Å². The second-order valence-electron chi connectivity index (χ2n) is 4.43. The molecule has 1 unspecified atom stereocenters. The molecule has 21 heavy (non-hydrogen) atoms. The van der Waals surface area contributed by atoms with Crippen molar-refractivity contribution < 1.29 is 17.7 Å². The first kappa shape index (κ1) is 17.7. The summed E-state index contributed by atoms with van der Waals surface area (Å²) in [5.41, 5.74) is 4.43. The highest BCUT2D eigenvalue weighted by Gasteiger charge is 2.31. The van der Waals surface area contributed by atoms with Crippen LogP contribution in [0.5, 0.6) is 0 Å². The first-order valence-electron chi connectivity index (χ1n) is 5.83. The number of non-ortho nitro benzene ring substituents is 1. The van der Waals surface area contributed by atoms with Crippen LogP contribution >= 0.6 is 11.8 Å². The number of nitrogen functional groups attached to an aromatic ring is 1. The highest BCUT2D eigenvalue weighted by Crippen LogP contribution is 2.30. The van der Waals surface area contributed by atoms with Gasteiger partial charge in [0, 0.05) is 24.9 Å². The van der Waals surface area contributed by atoms with Crippen molar-refractivity contribution >= 4 is 33.2 Å². The van der Waals surface area contributed by atoms with Crippen LogP contribution in [0.25, 0.3) is 0 Å². The number of benzene rings is 1. The number of nitro groups is 1. The van der Waals surface area contributed by atoms with Crippen LogP contribution in [0, 0.1) is 15.9 Å². The number of nitro benzene ring substituents is 1. The number of halogens is 1. The monoisotopic (exact) mass is 337 g/mol. The third-order valence-electron chi connectivity index (χ3n) is 2.93. The minimum absolute atomic E-state index is 0.376. The maximum atomic E-state index is 14.0. The van der Waals surface area contributed by atoms with Gasteiger partial charge >= 0.3 is 0 Å². The molecule has 1 rings (SSSR count). The van der Waals surface area contributed by atoms with Gasteiger partial charge in [0.15, 0.2) is 5.82 Å². The Balaban J connectivity index is 3.36. The van der Waals surface area contributed by atoms with Gasteiger partial charge in [-0.3, -0.25) is 10.1 Å². The summed E-state index contributed by atoms with van der Waals surface area (Å²) in [6.07, 6.45) is 1.82. The van der Waals surface area contributed by atoms with Crippen LogP contribution in [-0.2, 0) is 10.0 Å². The van der Waals surface area contributed by atoms with Crippen molar-refractivity contribution in [2.75, 3.05) is 24.8 Å². The van der Waals surface area contributed by atoms with Gasteiger partial charge in [0.2, 0.25) is 10.0 Å². The van der Waals surface area contributed by atoms with Gasteiger partial charge in [0.05, 0.1) is 16.7 Å². The number of nitrogens with two attached hydrogens (primary N) is 1. The lowest BCUT2D eigenvalue weighted by atomic mass is 10.3. The molecule has 0 fully saturated rings. The van der Waals surface area contributed by atoms with E-state index in [2.05, 4.69) is 0 Å². The fourth-order valence-electron chi connectivity index (χ4n) is 1.70. The van der Waals surface area contributed by atoms with E-state index in [0.717, 1.165) is 10.4 Å². The number of sulfonamides is 1. The molecule has 7 nitrogen and oxygen atoms in total. The molecule has 0 bridgehead atoms. The standard InChI is InChI=1S/C11H16FN3O4S2/c1-7(6-20-3)14(2)21(18,19)11-9(12)4-8(15(16)17)5-10(11)13/h4-5,7H,6,13H2,1-3H3. The van der Waals surface area contributed by atoms with Gasteiger partial charge in [-0.15, -0.1) is 0 Å². The highest BCUT2D eigenvalue weighted by molar-refractivity contribution is 7.98. The lowest BCUT2D eigenvalue weighted by molar-refractivity contribution is -0.385. The van der Waals surface area contributed by atoms with Gasteiger partial charge in [0.25, 0.3) is 5.69 Å². The zero-order valence-electron chi connectivity index (χ0n) is 11.7. The van der Waals surface area contributed by atoms with Crippen molar-refractivity contribution in [3.8, 4) is 0 Å². The molecule has 10 heteroatoms. The largest absolute Gasteiger partial charge is 0.397 e. The van der Waals surface area contributed by atoms with E-state index < -0.39 is 37.0 Å². The molecular formula is C11H16FN3O4S2. The van der Waals surface area contributed by atoms with E-state index >= 15 is 0 Å². The first-order chi connectivity index (χ1) is 9.62. The Hall–Kier alpha value is -1.39. The van der Waals surface area contributed by atoms with Crippen LogP contribution in [0.3, 0.4) is 0 Å². The molecule has 0 aliphatic carbocycles.